The first kappa shape index (κ1) is 15.8. The predicted molar refractivity (Wildman–Crippen MR) is 80.6 cm³/mol. The average Bonchev–Trinajstić information content (AvgIpc) is 2.41. The van der Waals surface area contributed by atoms with E-state index in [0.29, 0.717) is 10.0 Å². The van der Waals surface area contributed by atoms with E-state index in [0.717, 1.165) is 0 Å². The monoisotopic (exact) mass is 344 g/mol. The van der Waals surface area contributed by atoms with Gasteiger partial charge in [0.15, 0.2) is 15.6 Å². The fourth-order valence-electron chi connectivity index (χ4n) is 1.54. The van der Waals surface area contributed by atoms with Gasteiger partial charge in [-0.1, -0.05) is 23.2 Å². The van der Waals surface area contributed by atoms with Gasteiger partial charge in [-0.25, -0.2) is 8.42 Å². The summed E-state index contributed by atoms with van der Waals surface area (Å²) in [4.78, 5) is 11.7. The second-order valence-electron chi connectivity index (χ2n) is 4.14. The summed E-state index contributed by atoms with van der Waals surface area (Å²) >= 11 is 11.4. The van der Waals surface area contributed by atoms with E-state index >= 15 is 0 Å². The van der Waals surface area contributed by atoms with Crippen molar-refractivity contribution in [3.8, 4) is 5.75 Å². The van der Waals surface area contributed by atoms with Gasteiger partial charge in [-0.3, -0.25) is 4.79 Å². The van der Waals surface area contributed by atoms with Crippen LogP contribution in [0.1, 0.15) is 0 Å². The molecule has 4 nitrogen and oxygen atoms in total. The summed E-state index contributed by atoms with van der Waals surface area (Å²) in [5.74, 6) is -1.39. The van der Waals surface area contributed by atoms with Crippen molar-refractivity contribution in [2.75, 3.05) is 5.75 Å². The highest BCUT2D eigenvalue weighted by Crippen LogP contribution is 2.18. The Labute approximate surface area is 132 Å². The molecule has 0 saturated heterocycles. The summed E-state index contributed by atoms with van der Waals surface area (Å²) in [7, 11) is -3.76. The van der Waals surface area contributed by atoms with Crippen LogP contribution in [0.3, 0.4) is 0 Å². The number of esters is 1. The number of sulfone groups is 1. The lowest BCUT2D eigenvalue weighted by molar-refractivity contribution is -0.131. The maximum Gasteiger partial charge on any atom is 0.326 e. The topological polar surface area (TPSA) is 60.4 Å². The van der Waals surface area contributed by atoms with Gasteiger partial charge in [0.05, 0.1) is 4.90 Å². The van der Waals surface area contributed by atoms with Crippen LogP contribution in [-0.4, -0.2) is 20.1 Å². The molecule has 0 heterocycles. The molecule has 0 aliphatic carbocycles. The number of hydrogen-bond acceptors (Lipinski definition) is 4. The van der Waals surface area contributed by atoms with Crippen LogP contribution in [0.15, 0.2) is 53.4 Å². The second-order valence-corrected chi connectivity index (χ2v) is 7.00. The molecule has 2 rings (SSSR count). The van der Waals surface area contributed by atoms with E-state index < -0.39 is 21.6 Å². The highest BCUT2D eigenvalue weighted by molar-refractivity contribution is 7.92. The minimum Gasteiger partial charge on any atom is -0.426 e. The maximum atomic E-state index is 12.0. The summed E-state index contributed by atoms with van der Waals surface area (Å²) in [6.07, 6.45) is 0. The van der Waals surface area contributed by atoms with E-state index in [1.807, 2.05) is 0 Å². The molecule has 0 atom stereocenters. The van der Waals surface area contributed by atoms with E-state index in [2.05, 4.69) is 0 Å². The molecule has 0 aromatic heterocycles. The first-order valence-corrected chi connectivity index (χ1v) is 8.22. The fraction of sp³-hybridized carbons (Fsp3) is 0.0714. The lowest BCUT2D eigenvalue weighted by Gasteiger charge is -2.06. The van der Waals surface area contributed by atoms with Crippen LogP contribution in [0.25, 0.3) is 0 Å². The van der Waals surface area contributed by atoms with Crippen LogP contribution in [0.2, 0.25) is 10.0 Å². The molecule has 0 spiro atoms. The largest absolute Gasteiger partial charge is 0.426 e. The molecule has 7 heteroatoms. The Balaban J connectivity index is 2.07. The van der Waals surface area contributed by atoms with Gasteiger partial charge in [-0.2, -0.15) is 0 Å². The lowest BCUT2D eigenvalue weighted by Crippen LogP contribution is -2.21. The van der Waals surface area contributed by atoms with Crippen molar-refractivity contribution in [1.29, 1.82) is 0 Å². The quantitative estimate of drug-likeness (QED) is 0.630. The molecule has 110 valence electrons. The molecule has 0 fully saturated rings. The van der Waals surface area contributed by atoms with E-state index in [4.69, 9.17) is 27.9 Å². The van der Waals surface area contributed by atoms with Gasteiger partial charge in [-0.15, -0.1) is 0 Å². The maximum absolute atomic E-state index is 12.0. The number of halogens is 2. The van der Waals surface area contributed by atoms with E-state index in [1.54, 1.807) is 0 Å². The van der Waals surface area contributed by atoms with Crippen molar-refractivity contribution in [1.82, 2.24) is 0 Å². The lowest BCUT2D eigenvalue weighted by atomic mass is 10.3. The average molecular weight is 345 g/mol. The number of rotatable bonds is 4. The number of carbonyl (C=O) groups excluding carboxylic acids is 1. The van der Waals surface area contributed by atoms with Crippen molar-refractivity contribution >= 4 is 39.0 Å². The molecule has 0 N–H and O–H groups in total. The molecule has 2 aromatic carbocycles. The van der Waals surface area contributed by atoms with Gasteiger partial charge in [0.25, 0.3) is 0 Å². The highest BCUT2D eigenvalue weighted by atomic mass is 35.5. The SMILES string of the molecule is O=C(CS(=O)(=O)c1ccc(Cl)cc1)Oc1ccc(Cl)cc1. The molecule has 0 bridgehead atoms. The van der Waals surface area contributed by atoms with Crippen molar-refractivity contribution in [3.05, 3.63) is 58.6 Å². The summed E-state index contributed by atoms with van der Waals surface area (Å²) in [6, 6.07) is 11.6. The molecule has 0 saturated carbocycles. The van der Waals surface area contributed by atoms with Crippen LogP contribution in [-0.2, 0) is 14.6 Å². The summed E-state index contributed by atoms with van der Waals surface area (Å²) in [5, 5.41) is 0.904. The Bertz CT molecular complexity index is 738. The third kappa shape index (κ3) is 4.46. The van der Waals surface area contributed by atoms with Gasteiger partial charge in [0.1, 0.15) is 5.75 Å². The Morgan fingerprint density at radius 2 is 1.38 bits per heavy atom. The smallest absolute Gasteiger partial charge is 0.326 e. The summed E-state index contributed by atoms with van der Waals surface area (Å²) in [6.45, 7) is 0. The van der Waals surface area contributed by atoms with Gasteiger partial charge < -0.3 is 4.74 Å². The van der Waals surface area contributed by atoms with Gasteiger partial charge >= 0.3 is 5.97 Å². The normalized spacial score (nSPS) is 11.1. The third-order valence-electron chi connectivity index (χ3n) is 2.53. The van der Waals surface area contributed by atoms with Gasteiger partial charge in [0.2, 0.25) is 0 Å². The van der Waals surface area contributed by atoms with Crippen molar-refractivity contribution < 1.29 is 17.9 Å². The predicted octanol–water partition coefficient (Wildman–Crippen LogP) is 3.37. The third-order valence-corrected chi connectivity index (χ3v) is 4.64. The zero-order chi connectivity index (χ0) is 15.5. The van der Waals surface area contributed by atoms with Crippen molar-refractivity contribution in [3.63, 3.8) is 0 Å². The van der Waals surface area contributed by atoms with E-state index in [9.17, 15) is 13.2 Å². The molecule has 0 aliphatic heterocycles. The molecule has 0 unspecified atom stereocenters. The van der Waals surface area contributed by atoms with Crippen molar-refractivity contribution in [2.24, 2.45) is 0 Å². The fourth-order valence-corrected chi connectivity index (χ4v) is 2.88. The Hall–Kier alpha value is -1.56. The summed E-state index contributed by atoms with van der Waals surface area (Å²) in [5.41, 5.74) is 0. The standard InChI is InChI=1S/C14H10Cl2O4S/c15-10-1-5-12(6-2-10)20-14(17)9-21(18,19)13-7-3-11(16)4-8-13/h1-8H,9H2. The molecule has 0 radical (unpaired) electrons. The van der Waals surface area contributed by atoms with Crippen LogP contribution in [0.5, 0.6) is 5.75 Å². The minimum absolute atomic E-state index is 0.0138. The van der Waals surface area contributed by atoms with Crippen LogP contribution < -0.4 is 4.74 Å². The molecule has 21 heavy (non-hydrogen) atoms. The zero-order valence-electron chi connectivity index (χ0n) is 10.6. The molecular weight excluding hydrogens is 335 g/mol. The number of benzene rings is 2. The zero-order valence-corrected chi connectivity index (χ0v) is 13.0. The molecule has 0 amide bonds. The van der Waals surface area contributed by atoms with E-state index in [-0.39, 0.29) is 10.6 Å². The first-order valence-electron chi connectivity index (χ1n) is 5.81. The number of hydrogen-bond donors (Lipinski definition) is 0. The number of ether oxygens (including phenoxy) is 1. The number of carbonyl (C=O) groups is 1. The van der Waals surface area contributed by atoms with E-state index in [1.165, 1.54) is 48.5 Å². The Morgan fingerprint density at radius 1 is 0.905 bits per heavy atom. The summed E-state index contributed by atoms with van der Waals surface area (Å²) < 4.78 is 29.0. The molecular formula is C14H10Cl2O4S. The first-order chi connectivity index (χ1) is 9.87. The van der Waals surface area contributed by atoms with Gasteiger partial charge in [-0.05, 0) is 48.5 Å². The Kier molecular flexibility index (Phi) is 4.88. The molecule has 0 aliphatic rings. The van der Waals surface area contributed by atoms with Crippen molar-refractivity contribution in [2.45, 2.75) is 4.90 Å². The minimum atomic E-state index is -3.76. The van der Waals surface area contributed by atoms with Crippen LogP contribution >= 0.6 is 23.2 Å². The highest BCUT2D eigenvalue weighted by Gasteiger charge is 2.20. The van der Waals surface area contributed by atoms with Crippen LogP contribution in [0.4, 0.5) is 0 Å². The second kappa shape index (κ2) is 6.47. The Morgan fingerprint density at radius 3 is 1.90 bits per heavy atom. The molecule has 2 aromatic rings. The van der Waals surface area contributed by atoms with Gasteiger partial charge in [0, 0.05) is 10.0 Å². The van der Waals surface area contributed by atoms with Crippen LogP contribution in [0, 0.1) is 0 Å².